The molecule has 1 aromatic heterocycles. The average molecular weight is 322 g/mol. The molecule has 0 saturated heterocycles. The standard InChI is InChI=1S/C16H23FN4O2/c1-2-3-9-18-16(22)19-15-13-11-12(23-10-5-4-8-17)6-7-14(13)20-21-15/h6-7,11H,2-5,8-10H2,1H3,(H3,18,19,20,21,22). The van der Waals surface area contributed by atoms with Crippen molar-refractivity contribution in [2.24, 2.45) is 0 Å². The van der Waals surface area contributed by atoms with E-state index in [4.69, 9.17) is 4.74 Å². The van der Waals surface area contributed by atoms with Gasteiger partial charge in [-0.2, -0.15) is 5.10 Å². The number of aromatic nitrogens is 2. The Morgan fingerprint density at radius 1 is 1.35 bits per heavy atom. The van der Waals surface area contributed by atoms with Gasteiger partial charge in [-0.05, 0) is 37.5 Å². The molecule has 2 aromatic rings. The highest BCUT2D eigenvalue weighted by molar-refractivity contribution is 5.99. The Kier molecular flexibility index (Phi) is 6.65. The first-order valence-electron chi connectivity index (χ1n) is 7.96. The van der Waals surface area contributed by atoms with E-state index in [2.05, 4.69) is 27.8 Å². The second-order valence-electron chi connectivity index (χ2n) is 5.26. The smallest absolute Gasteiger partial charge is 0.320 e. The van der Waals surface area contributed by atoms with Crippen LogP contribution in [-0.2, 0) is 0 Å². The maximum Gasteiger partial charge on any atom is 0.320 e. The summed E-state index contributed by atoms with van der Waals surface area (Å²) in [4.78, 5) is 11.8. The van der Waals surface area contributed by atoms with E-state index in [9.17, 15) is 9.18 Å². The van der Waals surface area contributed by atoms with Gasteiger partial charge in [0.15, 0.2) is 5.82 Å². The van der Waals surface area contributed by atoms with Crippen molar-refractivity contribution in [3.63, 3.8) is 0 Å². The lowest BCUT2D eigenvalue weighted by atomic mass is 10.2. The summed E-state index contributed by atoms with van der Waals surface area (Å²) in [6.45, 7) is 2.84. The Morgan fingerprint density at radius 2 is 2.22 bits per heavy atom. The third-order valence-electron chi connectivity index (χ3n) is 3.38. The molecule has 0 atom stereocenters. The summed E-state index contributed by atoms with van der Waals surface area (Å²) in [5, 5.41) is 13.3. The number of hydrogen-bond acceptors (Lipinski definition) is 3. The van der Waals surface area contributed by atoms with Crippen molar-refractivity contribution < 1.29 is 13.9 Å². The van der Waals surface area contributed by atoms with Crippen LogP contribution >= 0.6 is 0 Å². The molecule has 1 heterocycles. The van der Waals surface area contributed by atoms with Crippen LogP contribution in [0.4, 0.5) is 15.0 Å². The summed E-state index contributed by atoms with van der Waals surface area (Å²) >= 11 is 0. The van der Waals surface area contributed by atoms with E-state index in [0.29, 0.717) is 37.6 Å². The predicted octanol–water partition coefficient (Wildman–Crippen LogP) is 3.61. The number of ether oxygens (including phenoxy) is 1. The third-order valence-corrected chi connectivity index (χ3v) is 3.38. The summed E-state index contributed by atoms with van der Waals surface area (Å²) in [5.74, 6) is 1.13. The van der Waals surface area contributed by atoms with Crippen LogP contribution < -0.4 is 15.4 Å². The fourth-order valence-corrected chi connectivity index (χ4v) is 2.10. The Bertz CT molecular complexity index is 630. The second kappa shape index (κ2) is 8.97. The third kappa shape index (κ3) is 5.12. The number of anilines is 1. The number of alkyl halides is 1. The number of amides is 2. The van der Waals surface area contributed by atoms with E-state index in [-0.39, 0.29) is 12.7 Å². The second-order valence-corrected chi connectivity index (χ2v) is 5.26. The minimum atomic E-state index is -0.328. The van der Waals surface area contributed by atoms with Gasteiger partial charge >= 0.3 is 6.03 Å². The molecule has 2 amide bonds. The van der Waals surface area contributed by atoms with Crippen molar-refractivity contribution in [1.82, 2.24) is 15.5 Å². The number of rotatable bonds is 9. The fourth-order valence-electron chi connectivity index (χ4n) is 2.10. The van der Waals surface area contributed by atoms with Crippen molar-refractivity contribution in [2.75, 3.05) is 25.1 Å². The Labute approximate surface area is 134 Å². The van der Waals surface area contributed by atoms with Crippen molar-refractivity contribution in [2.45, 2.75) is 32.6 Å². The zero-order chi connectivity index (χ0) is 16.5. The van der Waals surface area contributed by atoms with Crippen molar-refractivity contribution in [1.29, 1.82) is 0 Å². The molecule has 0 unspecified atom stereocenters. The number of unbranched alkanes of at least 4 members (excludes halogenated alkanes) is 2. The maximum absolute atomic E-state index is 12.1. The molecule has 0 spiro atoms. The molecule has 0 aliphatic rings. The van der Waals surface area contributed by atoms with E-state index < -0.39 is 0 Å². The van der Waals surface area contributed by atoms with Gasteiger partial charge in [0.1, 0.15) is 5.75 Å². The molecule has 0 bridgehead atoms. The Hall–Kier alpha value is -2.31. The van der Waals surface area contributed by atoms with Crippen LogP contribution in [-0.4, -0.2) is 36.1 Å². The Morgan fingerprint density at radius 3 is 3.00 bits per heavy atom. The zero-order valence-corrected chi connectivity index (χ0v) is 13.3. The van der Waals surface area contributed by atoms with Gasteiger partial charge in [-0.1, -0.05) is 13.3 Å². The number of nitrogens with zero attached hydrogens (tertiary/aromatic N) is 1. The van der Waals surface area contributed by atoms with Gasteiger partial charge in [-0.3, -0.25) is 14.8 Å². The molecule has 0 radical (unpaired) electrons. The van der Waals surface area contributed by atoms with Gasteiger partial charge < -0.3 is 10.1 Å². The number of hydrogen-bond donors (Lipinski definition) is 3. The highest BCUT2D eigenvalue weighted by Crippen LogP contribution is 2.25. The minimum Gasteiger partial charge on any atom is -0.494 e. The monoisotopic (exact) mass is 322 g/mol. The number of fused-ring (bicyclic) bond motifs is 1. The molecule has 0 aliphatic carbocycles. The molecule has 23 heavy (non-hydrogen) atoms. The minimum absolute atomic E-state index is 0.277. The van der Waals surface area contributed by atoms with Crippen LogP contribution in [0.25, 0.3) is 10.9 Å². The first-order valence-corrected chi connectivity index (χ1v) is 7.96. The Balaban J connectivity index is 1.98. The quantitative estimate of drug-likeness (QED) is 0.617. The number of urea groups is 1. The lowest BCUT2D eigenvalue weighted by Gasteiger charge is -2.07. The number of aromatic amines is 1. The van der Waals surface area contributed by atoms with Crippen molar-refractivity contribution >= 4 is 22.8 Å². The highest BCUT2D eigenvalue weighted by atomic mass is 19.1. The number of halogens is 1. The summed E-state index contributed by atoms with van der Waals surface area (Å²) in [6.07, 6.45) is 3.13. The largest absolute Gasteiger partial charge is 0.494 e. The van der Waals surface area contributed by atoms with E-state index in [0.717, 1.165) is 23.7 Å². The number of H-pyrrole nitrogens is 1. The number of carbonyl (C=O) groups excluding carboxylic acids is 1. The van der Waals surface area contributed by atoms with Crippen LogP contribution in [0.1, 0.15) is 32.6 Å². The molecule has 0 saturated carbocycles. The topological polar surface area (TPSA) is 79.0 Å². The van der Waals surface area contributed by atoms with Crippen LogP contribution in [0.3, 0.4) is 0 Å². The van der Waals surface area contributed by atoms with Crippen LogP contribution in [0.5, 0.6) is 5.75 Å². The molecule has 7 heteroatoms. The van der Waals surface area contributed by atoms with Gasteiger partial charge in [0.25, 0.3) is 0 Å². The van der Waals surface area contributed by atoms with Crippen LogP contribution in [0, 0.1) is 0 Å². The van der Waals surface area contributed by atoms with E-state index in [1.54, 1.807) is 0 Å². The molecular formula is C16H23FN4O2. The highest BCUT2D eigenvalue weighted by Gasteiger charge is 2.10. The number of nitrogens with one attached hydrogen (secondary N) is 3. The van der Waals surface area contributed by atoms with Gasteiger partial charge in [0.05, 0.1) is 18.8 Å². The molecule has 3 N–H and O–H groups in total. The van der Waals surface area contributed by atoms with E-state index >= 15 is 0 Å². The molecule has 6 nitrogen and oxygen atoms in total. The molecule has 0 aliphatic heterocycles. The normalized spacial score (nSPS) is 10.7. The summed E-state index contributed by atoms with van der Waals surface area (Å²) in [5.41, 5.74) is 0.810. The number of benzene rings is 1. The molecule has 0 fully saturated rings. The van der Waals surface area contributed by atoms with E-state index in [1.165, 1.54) is 0 Å². The van der Waals surface area contributed by atoms with Gasteiger partial charge in [0, 0.05) is 11.9 Å². The molecule has 2 rings (SSSR count). The fraction of sp³-hybridized carbons (Fsp3) is 0.500. The van der Waals surface area contributed by atoms with Gasteiger partial charge in [0.2, 0.25) is 0 Å². The molecule has 1 aromatic carbocycles. The summed E-state index contributed by atoms with van der Waals surface area (Å²) < 4.78 is 17.6. The van der Waals surface area contributed by atoms with E-state index in [1.807, 2.05) is 18.2 Å². The lowest BCUT2D eigenvalue weighted by molar-refractivity contribution is 0.252. The van der Waals surface area contributed by atoms with Crippen LogP contribution in [0.15, 0.2) is 18.2 Å². The predicted molar refractivity (Wildman–Crippen MR) is 88.7 cm³/mol. The summed E-state index contributed by atoms with van der Waals surface area (Å²) in [7, 11) is 0. The van der Waals surface area contributed by atoms with Gasteiger partial charge in [-0.15, -0.1) is 0 Å². The first kappa shape index (κ1) is 17.1. The van der Waals surface area contributed by atoms with Gasteiger partial charge in [-0.25, -0.2) is 4.79 Å². The van der Waals surface area contributed by atoms with Crippen molar-refractivity contribution in [3.05, 3.63) is 18.2 Å². The van der Waals surface area contributed by atoms with Crippen molar-refractivity contribution in [3.8, 4) is 5.75 Å². The first-order chi connectivity index (χ1) is 11.2. The van der Waals surface area contributed by atoms with Crippen LogP contribution in [0.2, 0.25) is 0 Å². The molecular weight excluding hydrogens is 299 g/mol. The molecule has 126 valence electrons. The maximum atomic E-state index is 12.1. The number of carbonyl (C=O) groups is 1. The SMILES string of the molecule is CCCCNC(=O)Nc1n[nH]c2ccc(OCCCCF)cc12. The summed E-state index contributed by atoms with van der Waals surface area (Å²) in [6, 6.07) is 5.20. The average Bonchev–Trinajstić information content (AvgIpc) is 2.94. The lowest BCUT2D eigenvalue weighted by Crippen LogP contribution is -2.29. The zero-order valence-electron chi connectivity index (χ0n) is 13.3.